The number of nitrogens with one attached hydrogen (secondary N) is 2. The van der Waals surface area contributed by atoms with E-state index in [0.29, 0.717) is 23.7 Å². The molecule has 0 atom stereocenters. The van der Waals surface area contributed by atoms with E-state index in [1.807, 2.05) is 6.92 Å². The zero-order valence-corrected chi connectivity index (χ0v) is 14.7. The van der Waals surface area contributed by atoms with E-state index >= 15 is 0 Å². The van der Waals surface area contributed by atoms with Gasteiger partial charge in [-0.1, -0.05) is 19.3 Å². The Balaban J connectivity index is 1.95. The number of hydrogen-bond acceptors (Lipinski definition) is 3. The molecule has 1 aromatic carbocycles. The molecule has 1 fully saturated rings. The van der Waals surface area contributed by atoms with Gasteiger partial charge in [-0.25, -0.2) is 8.42 Å². The first-order valence-electron chi connectivity index (χ1n) is 8.30. The molecule has 1 aliphatic carbocycles. The third-order valence-electron chi connectivity index (χ3n) is 4.35. The van der Waals surface area contributed by atoms with Gasteiger partial charge in [0.15, 0.2) is 0 Å². The van der Waals surface area contributed by atoms with Crippen LogP contribution in [-0.2, 0) is 14.8 Å². The summed E-state index contributed by atoms with van der Waals surface area (Å²) in [5.74, 6) is 0.574. The van der Waals surface area contributed by atoms with Gasteiger partial charge in [-0.15, -0.1) is 0 Å². The van der Waals surface area contributed by atoms with Gasteiger partial charge in [0.2, 0.25) is 15.9 Å². The summed E-state index contributed by atoms with van der Waals surface area (Å²) in [5.41, 5.74) is 2.05. The molecule has 1 saturated carbocycles. The minimum absolute atomic E-state index is 0.0340. The van der Waals surface area contributed by atoms with E-state index in [0.717, 1.165) is 18.4 Å². The highest BCUT2D eigenvalue weighted by Gasteiger charge is 2.17. The fraction of sp³-hybridized carbons (Fsp3) is 0.588. The lowest BCUT2D eigenvalue weighted by Crippen LogP contribution is -2.18. The molecule has 1 aliphatic rings. The second-order valence-electron chi connectivity index (χ2n) is 6.29. The predicted octanol–water partition coefficient (Wildman–Crippen LogP) is 3.67. The van der Waals surface area contributed by atoms with Crippen LogP contribution in [0.25, 0.3) is 0 Å². The fourth-order valence-electron chi connectivity index (χ4n) is 2.96. The molecule has 128 valence electrons. The lowest BCUT2D eigenvalue weighted by atomic mass is 9.87. The van der Waals surface area contributed by atoms with Crippen LogP contribution in [0.15, 0.2) is 18.2 Å². The van der Waals surface area contributed by atoms with Gasteiger partial charge in [0.25, 0.3) is 0 Å². The molecule has 1 aromatic rings. The van der Waals surface area contributed by atoms with E-state index < -0.39 is 10.0 Å². The van der Waals surface area contributed by atoms with Crippen LogP contribution in [0, 0.1) is 12.8 Å². The lowest BCUT2D eigenvalue weighted by Gasteiger charge is -2.21. The summed E-state index contributed by atoms with van der Waals surface area (Å²) in [7, 11) is -3.29. The van der Waals surface area contributed by atoms with Crippen molar-refractivity contribution in [2.24, 2.45) is 5.92 Å². The van der Waals surface area contributed by atoms with Gasteiger partial charge in [-0.2, -0.15) is 0 Å². The molecule has 0 spiro atoms. The summed E-state index contributed by atoms with van der Waals surface area (Å²) in [4.78, 5) is 12.1. The van der Waals surface area contributed by atoms with Crippen molar-refractivity contribution in [2.75, 3.05) is 15.8 Å². The van der Waals surface area contributed by atoms with E-state index in [1.54, 1.807) is 25.1 Å². The number of anilines is 2. The standard InChI is InChI=1S/C17H26N2O3S/c1-3-23(21,22)19-16-10-9-15(11-13(16)2)18-17(20)12-14-7-5-4-6-8-14/h9-11,14,19H,3-8,12H2,1-2H3,(H,18,20). The quantitative estimate of drug-likeness (QED) is 0.831. The number of aryl methyl sites for hydroxylation is 1. The Kier molecular flexibility index (Phi) is 6.04. The van der Waals surface area contributed by atoms with Gasteiger partial charge in [-0.05, 0) is 56.4 Å². The number of amides is 1. The lowest BCUT2D eigenvalue weighted by molar-refractivity contribution is -0.117. The van der Waals surface area contributed by atoms with Crippen LogP contribution in [-0.4, -0.2) is 20.1 Å². The SMILES string of the molecule is CCS(=O)(=O)Nc1ccc(NC(=O)CC2CCCCC2)cc1C. The fourth-order valence-corrected chi connectivity index (χ4v) is 3.67. The smallest absolute Gasteiger partial charge is 0.232 e. The minimum Gasteiger partial charge on any atom is -0.326 e. The summed E-state index contributed by atoms with van der Waals surface area (Å²) in [6.07, 6.45) is 6.59. The Bertz CT molecular complexity index is 650. The van der Waals surface area contributed by atoms with Gasteiger partial charge in [-0.3, -0.25) is 9.52 Å². The van der Waals surface area contributed by atoms with Gasteiger partial charge >= 0.3 is 0 Å². The number of sulfonamides is 1. The second kappa shape index (κ2) is 7.81. The van der Waals surface area contributed by atoms with Crippen molar-refractivity contribution in [1.29, 1.82) is 0 Å². The van der Waals surface area contributed by atoms with Crippen molar-refractivity contribution >= 4 is 27.3 Å². The average molecular weight is 338 g/mol. The molecule has 1 amide bonds. The van der Waals surface area contributed by atoms with Gasteiger partial charge in [0.1, 0.15) is 0 Å². The molecule has 0 heterocycles. The van der Waals surface area contributed by atoms with Crippen LogP contribution in [0.2, 0.25) is 0 Å². The van der Waals surface area contributed by atoms with Crippen molar-refractivity contribution in [2.45, 2.75) is 52.4 Å². The van der Waals surface area contributed by atoms with E-state index in [4.69, 9.17) is 0 Å². The number of carbonyl (C=O) groups excluding carboxylic acids is 1. The first-order valence-corrected chi connectivity index (χ1v) is 9.96. The van der Waals surface area contributed by atoms with Crippen LogP contribution < -0.4 is 10.0 Å². The van der Waals surface area contributed by atoms with Crippen molar-refractivity contribution in [3.05, 3.63) is 23.8 Å². The van der Waals surface area contributed by atoms with Crippen molar-refractivity contribution in [3.8, 4) is 0 Å². The molecule has 0 saturated heterocycles. The Labute approximate surface area is 138 Å². The Morgan fingerprint density at radius 2 is 1.91 bits per heavy atom. The zero-order chi connectivity index (χ0) is 16.9. The number of carbonyl (C=O) groups is 1. The summed E-state index contributed by atoms with van der Waals surface area (Å²) >= 11 is 0. The van der Waals surface area contributed by atoms with Crippen LogP contribution >= 0.6 is 0 Å². The van der Waals surface area contributed by atoms with Crippen LogP contribution in [0.3, 0.4) is 0 Å². The molecule has 0 bridgehead atoms. The van der Waals surface area contributed by atoms with Crippen molar-refractivity contribution < 1.29 is 13.2 Å². The Morgan fingerprint density at radius 1 is 1.22 bits per heavy atom. The van der Waals surface area contributed by atoms with Crippen molar-refractivity contribution in [3.63, 3.8) is 0 Å². The normalized spacial score (nSPS) is 16.1. The summed E-state index contributed by atoms with van der Waals surface area (Å²) in [5, 5.41) is 2.92. The third-order valence-corrected chi connectivity index (χ3v) is 5.65. The number of rotatable bonds is 6. The molecule has 0 aliphatic heterocycles. The molecule has 0 radical (unpaired) electrons. The van der Waals surface area contributed by atoms with E-state index in [2.05, 4.69) is 10.0 Å². The summed E-state index contributed by atoms with van der Waals surface area (Å²) < 4.78 is 25.8. The molecular weight excluding hydrogens is 312 g/mol. The largest absolute Gasteiger partial charge is 0.326 e. The number of hydrogen-bond donors (Lipinski definition) is 2. The van der Waals surface area contributed by atoms with Crippen LogP contribution in [0.1, 0.15) is 51.0 Å². The second-order valence-corrected chi connectivity index (χ2v) is 8.30. The highest BCUT2D eigenvalue weighted by atomic mass is 32.2. The monoisotopic (exact) mass is 338 g/mol. The van der Waals surface area contributed by atoms with Crippen molar-refractivity contribution in [1.82, 2.24) is 0 Å². The highest BCUT2D eigenvalue weighted by molar-refractivity contribution is 7.92. The molecule has 6 heteroatoms. The molecule has 2 N–H and O–H groups in total. The van der Waals surface area contributed by atoms with Gasteiger partial charge < -0.3 is 5.32 Å². The van der Waals surface area contributed by atoms with Crippen LogP contribution in [0.4, 0.5) is 11.4 Å². The number of benzene rings is 1. The Hall–Kier alpha value is -1.56. The first-order chi connectivity index (χ1) is 10.9. The predicted molar refractivity (Wildman–Crippen MR) is 94.1 cm³/mol. The first kappa shape index (κ1) is 17.8. The van der Waals surface area contributed by atoms with Gasteiger partial charge in [0, 0.05) is 12.1 Å². The van der Waals surface area contributed by atoms with E-state index in [-0.39, 0.29) is 11.7 Å². The Morgan fingerprint density at radius 3 is 2.52 bits per heavy atom. The maximum Gasteiger partial charge on any atom is 0.232 e. The molecular formula is C17H26N2O3S. The molecule has 2 rings (SSSR count). The molecule has 0 unspecified atom stereocenters. The third kappa shape index (κ3) is 5.53. The van der Waals surface area contributed by atoms with E-state index in [9.17, 15) is 13.2 Å². The summed E-state index contributed by atoms with van der Waals surface area (Å²) in [6.45, 7) is 3.42. The summed E-state index contributed by atoms with van der Waals surface area (Å²) in [6, 6.07) is 5.23. The highest BCUT2D eigenvalue weighted by Crippen LogP contribution is 2.27. The maximum absolute atomic E-state index is 12.1. The van der Waals surface area contributed by atoms with Gasteiger partial charge in [0.05, 0.1) is 11.4 Å². The average Bonchev–Trinajstić information content (AvgIpc) is 2.51. The van der Waals surface area contributed by atoms with Crippen LogP contribution in [0.5, 0.6) is 0 Å². The minimum atomic E-state index is -3.29. The zero-order valence-electron chi connectivity index (χ0n) is 13.9. The molecule has 5 nitrogen and oxygen atoms in total. The topological polar surface area (TPSA) is 75.3 Å². The van der Waals surface area contributed by atoms with E-state index in [1.165, 1.54) is 19.3 Å². The molecule has 0 aromatic heterocycles. The molecule has 23 heavy (non-hydrogen) atoms. The maximum atomic E-state index is 12.1.